The zero-order valence-electron chi connectivity index (χ0n) is 8.60. The normalized spacial score (nSPS) is 10.1. The zero-order chi connectivity index (χ0) is 11.5. The Bertz CT molecular complexity index is 506. The average Bonchev–Trinajstić information content (AvgIpc) is 2.68. The minimum absolute atomic E-state index is 0.279. The number of carbonyl (C=O) groups excluding carboxylic acids is 1. The molecule has 0 saturated carbocycles. The largest absolute Gasteiger partial charge is 0.375 e. The first-order chi connectivity index (χ1) is 7.65. The van der Waals surface area contributed by atoms with Crippen LogP contribution < -0.4 is 11.1 Å². The molecule has 0 saturated heterocycles. The summed E-state index contributed by atoms with van der Waals surface area (Å²) < 4.78 is 0. The van der Waals surface area contributed by atoms with E-state index in [1.807, 2.05) is 13.0 Å². The van der Waals surface area contributed by atoms with Crippen LogP contribution >= 0.6 is 11.3 Å². The van der Waals surface area contributed by atoms with Crippen LogP contribution in [0.4, 0.5) is 10.8 Å². The van der Waals surface area contributed by atoms with Crippen molar-refractivity contribution in [3.63, 3.8) is 0 Å². The minimum Gasteiger partial charge on any atom is -0.375 e. The van der Waals surface area contributed by atoms with Gasteiger partial charge in [0.25, 0.3) is 5.91 Å². The smallest absolute Gasteiger partial charge is 0.275 e. The van der Waals surface area contributed by atoms with Gasteiger partial charge in [-0.15, -0.1) is 11.3 Å². The van der Waals surface area contributed by atoms with E-state index in [1.165, 1.54) is 11.3 Å². The van der Waals surface area contributed by atoms with Crippen molar-refractivity contribution in [3.8, 4) is 0 Å². The van der Waals surface area contributed by atoms with Gasteiger partial charge in [-0.1, -0.05) is 0 Å². The summed E-state index contributed by atoms with van der Waals surface area (Å²) >= 11 is 1.24. The number of aryl methyl sites for hydroxylation is 1. The van der Waals surface area contributed by atoms with Crippen LogP contribution in [-0.2, 0) is 0 Å². The van der Waals surface area contributed by atoms with Crippen molar-refractivity contribution in [3.05, 3.63) is 35.1 Å². The molecule has 6 heteroatoms. The van der Waals surface area contributed by atoms with Gasteiger partial charge in [0.15, 0.2) is 5.13 Å². The summed E-state index contributed by atoms with van der Waals surface area (Å²) in [6, 6.07) is 3.61. The predicted molar refractivity (Wildman–Crippen MR) is 63.5 cm³/mol. The average molecular weight is 234 g/mol. The standard InChI is InChI=1S/C10H10N4OS/c1-6-2-3-7(4-12-6)13-9(15)8-5-16-10(11)14-8/h2-5H,1H3,(H2,11,14)(H,13,15). The van der Waals surface area contributed by atoms with E-state index >= 15 is 0 Å². The fourth-order valence-corrected chi connectivity index (χ4v) is 1.67. The highest BCUT2D eigenvalue weighted by Gasteiger charge is 2.09. The number of hydrogen-bond acceptors (Lipinski definition) is 5. The van der Waals surface area contributed by atoms with Crippen molar-refractivity contribution in [2.45, 2.75) is 6.92 Å². The lowest BCUT2D eigenvalue weighted by atomic mass is 10.3. The Morgan fingerprint density at radius 2 is 2.31 bits per heavy atom. The Labute approximate surface area is 96.3 Å². The fourth-order valence-electron chi connectivity index (χ4n) is 1.13. The van der Waals surface area contributed by atoms with Crippen LogP contribution in [0.25, 0.3) is 0 Å². The molecule has 0 fully saturated rings. The maximum Gasteiger partial charge on any atom is 0.275 e. The molecule has 2 aromatic heterocycles. The molecule has 2 aromatic rings. The molecule has 0 radical (unpaired) electrons. The van der Waals surface area contributed by atoms with E-state index in [1.54, 1.807) is 17.6 Å². The Hall–Kier alpha value is -1.95. The number of pyridine rings is 1. The number of aromatic nitrogens is 2. The highest BCUT2D eigenvalue weighted by atomic mass is 32.1. The second kappa shape index (κ2) is 4.28. The van der Waals surface area contributed by atoms with Crippen molar-refractivity contribution < 1.29 is 4.79 Å². The molecule has 0 atom stereocenters. The van der Waals surface area contributed by atoms with Crippen molar-refractivity contribution >= 4 is 28.1 Å². The summed E-state index contributed by atoms with van der Waals surface area (Å²) in [5, 5.41) is 4.68. The molecule has 3 N–H and O–H groups in total. The van der Waals surface area contributed by atoms with E-state index in [0.717, 1.165) is 5.69 Å². The molecule has 2 rings (SSSR count). The van der Waals surface area contributed by atoms with E-state index in [9.17, 15) is 4.79 Å². The Morgan fingerprint density at radius 1 is 1.50 bits per heavy atom. The summed E-state index contributed by atoms with van der Waals surface area (Å²) in [7, 11) is 0. The minimum atomic E-state index is -0.279. The first-order valence-electron chi connectivity index (χ1n) is 4.60. The lowest BCUT2D eigenvalue weighted by Gasteiger charge is -2.02. The number of anilines is 2. The molecule has 1 amide bonds. The maximum atomic E-state index is 11.7. The molecule has 2 heterocycles. The van der Waals surface area contributed by atoms with Crippen molar-refractivity contribution in [2.24, 2.45) is 0 Å². The molecule has 0 aromatic carbocycles. The molecular formula is C10H10N4OS. The first kappa shape index (κ1) is 10.6. The van der Waals surface area contributed by atoms with Gasteiger partial charge in [-0.2, -0.15) is 0 Å². The highest BCUT2D eigenvalue weighted by Crippen LogP contribution is 2.13. The zero-order valence-corrected chi connectivity index (χ0v) is 9.41. The van der Waals surface area contributed by atoms with Gasteiger partial charge in [0, 0.05) is 11.1 Å². The number of nitrogens with two attached hydrogens (primary N) is 1. The number of nitrogens with zero attached hydrogens (tertiary/aromatic N) is 2. The number of nitrogens with one attached hydrogen (secondary N) is 1. The summed E-state index contributed by atoms with van der Waals surface area (Å²) in [5.41, 5.74) is 7.31. The summed E-state index contributed by atoms with van der Waals surface area (Å²) in [6.45, 7) is 1.88. The van der Waals surface area contributed by atoms with Gasteiger partial charge in [0.05, 0.1) is 11.9 Å². The lowest BCUT2D eigenvalue weighted by Crippen LogP contribution is -2.12. The first-order valence-corrected chi connectivity index (χ1v) is 5.48. The van der Waals surface area contributed by atoms with E-state index in [4.69, 9.17) is 5.73 Å². The van der Waals surface area contributed by atoms with Crippen LogP contribution in [0.15, 0.2) is 23.7 Å². The van der Waals surface area contributed by atoms with Gasteiger partial charge < -0.3 is 11.1 Å². The molecule has 0 bridgehead atoms. The van der Waals surface area contributed by atoms with E-state index in [2.05, 4.69) is 15.3 Å². The molecule has 5 nitrogen and oxygen atoms in total. The van der Waals surface area contributed by atoms with Crippen LogP contribution in [0, 0.1) is 6.92 Å². The molecule has 0 aliphatic heterocycles. The van der Waals surface area contributed by atoms with E-state index in [0.29, 0.717) is 16.5 Å². The SMILES string of the molecule is Cc1ccc(NC(=O)c2csc(N)n2)cn1. The topological polar surface area (TPSA) is 80.9 Å². The third-order valence-electron chi connectivity index (χ3n) is 1.92. The number of rotatable bonds is 2. The van der Waals surface area contributed by atoms with Crippen molar-refractivity contribution in [1.82, 2.24) is 9.97 Å². The van der Waals surface area contributed by atoms with Crippen LogP contribution in [0.2, 0.25) is 0 Å². The Kier molecular flexibility index (Phi) is 2.82. The number of nitrogen functional groups attached to an aromatic ring is 1. The predicted octanol–water partition coefficient (Wildman–Crippen LogP) is 1.68. The molecule has 0 unspecified atom stereocenters. The molecule has 16 heavy (non-hydrogen) atoms. The van der Waals surface area contributed by atoms with Gasteiger partial charge in [-0.25, -0.2) is 4.98 Å². The lowest BCUT2D eigenvalue weighted by molar-refractivity contribution is 0.102. The number of hydrogen-bond donors (Lipinski definition) is 2. The number of carbonyl (C=O) groups is 1. The second-order valence-corrected chi connectivity index (χ2v) is 4.10. The van der Waals surface area contributed by atoms with Crippen LogP contribution in [0.1, 0.15) is 16.2 Å². The van der Waals surface area contributed by atoms with Gasteiger partial charge >= 0.3 is 0 Å². The third kappa shape index (κ3) is 2.34. The Morgan fingerprint density at radius 3 is 2.88 bits per heavy atom. The summed E-state index contributed by atoms with van der Waals surface area (Å²) in [6.07, 6.45) is 1.60. The second-order valence-electron chi connectivity index (χ2n) is 3.21. The van der Waals surface area contributed by atoms with Gasteiger partial charge in [0.1, 0.15) is 5.69 Å². The van der Waals surface area contributed by atoms with Crippen molar-refractivity contribution in [2.75, 3.05) is 11.1 Å². The fraction of sp³-hybridized carbons (Fsp3) is 0.100. The third-order valence-corrected chi connectivity index (χ3v) is 2.60. The van der Waals surface area contributed by atoms with E-state index in [-0.39, 0.29) is 5.91 Å². The molecular weight excluding hydrogens is 224 g/mol. The quantitative estimate of drug-likeness (QED) is 0.828. The van der Waals surface area contributed by atoms with Gasteiger partial charge in [-0.05, 0) is 19.1 Å². The van der Waals surface area contributed by atoms with E-state index < -0.39 is 0 Å². The molecule has 0 spiro atoms. The van der Waals surface area contributed by atoms with Gasteiger partial charge in [-0.3, -0.25) is 9.78 Å². The molecule has 0 aliphatic carbocycles. The number of amides is 1. The van der Waals surface area contributed by atoms with Crippen LogP contribution in [0.5, 0.6) is 0 Å². The molecule has 82 valence electrons. The van der Waals surface area contributed by atoms with Crippen LogP contribution in [-0.4, -0.2) is 15.9 Å². The van der Waals surface area contributed by atoms with Crippen LogP contribution in [0.3, 0.4) is 0 Å². The number of thiazole rings is 1. The maximum absolute atomic E-state index is 11.7. The summed E-state index contributed by atoms with van der Waals surface area (Å²) in [5.74, 6) is -0.279. The summed E-state index contributed by atoms with van der Waals surface area (Å²) in [4.78, 5) is 19.6. The van der Waals surface area contributed by atoms with Crippen molar-refractivity contribution in [1.29, 1.82) is 0 Å². The molecule has 0 aliphatic rings. The highest BCUT2D eigenvalue weighted by molar-refractivity contribution is 7.13. The monoisotopic (exact) mass is 234 g/mol. The van der Waals surface area contributed by atoms with Gasteiger partial charge in [0.2, 0.25) is 0 Å². The Balaban J connectivity index is 2.10.